The van der Waals surface area contributed by atoms with Crippen LogP contribution in [0.25, 0.3) is 0 Å². The van der Waals surface area contributed by atoms with Crippen molar-refractivity contribution in [3.05, 3.63) is 29.3 Å². The molecule has 0 aromatic heterocycles. The number of carbonyl (C=O) groups excluding carboxylic acids is 2. The van der Waals surface area contributed by atoms with Gasteiger partial charge in [0.2, 0.25) is 0 Å². The third kappa shape index (κ3) is 3.50. The van der Waals surface area contributed by atoms with Crippen molar-refractivity contribution >= 4 is 11.9 Å². The number of benzene rings is 1. The molecule has 0 radical (unpaired) electrons. The Morgan fingerprint density at radius 2 is 2.05 bits per heavy atom. The van der Waals surface area contributed by atoms with Crippen LogP contribution >= 0.6 is 0 Å². The largest absolute Gasteiger partial charge is 0.507 e. The van der Waals surface area contributed by atoms with Crippen molar-refractivity contribution < 1.29 is 19.4 Å². The highest BCUT2D eigenvalue weighted by Crippen LogP contribution is 2.21. The van der Waals surface area contributed by atoms with Gasteiger partial charge in [0.05, 0.1) is 12.7 Å². The number of aromatic hydroxyl groups is 1. The highest BCUT2D eigenvalue weighted by Gasteiger charge is 2.35. The second-order valence-corrected chi connectivity index (χ2v) is 5.05. The molecule has 2 N–H and O–H groups in total. The van der Waals surface area contributed by atoms with Gasteiger partial charge in [0.25, 0.3) is 5.91 Å². The number of hydrogen-bond acceptors (Lipinski definition) is 4. The maximum absolute atomic E-state index is 12.2. The third-order valence-corrected chi connectivity index (χ3v) is 3.17. The molecule has 5 heteroatoms. The molecule has 110 valence electrons. The summed E-state index contributed by atoms with van der Waals surface area (Å²) in [5.74, 6) is -1.11. The predicted molar refractivity (Wildman–Crippen MR) is 75.6 cm³/mol. The molecular weight excluding hydrogens is 258 g/mol. The number of amides is 1. The van der Waals surface area contributed by atoms with Crippen LogP contribution in [0.2, 0.25) is 0 Å². The van der Waals surface area contributed by atoms with Crippen molar-refractivity contribution in [1.82, 2.24) is 5.32 Å². The summed E-state index contributed by atoms with van der Waals surface area (Å²) in [7, 11) is 1.28. The third-order valence-electron chi connectivity index (χ3n) is 3.17. The Morgan fingerprint density at radius 1 is 1.40 bits per heavy atom. The molecule has 0 aliphatic heterocycles. The normalized spacial score (nSPS) is 13.4. The Hall–Kier alpha value is -2.04. The molecule has 5 nitrogen and oxygen atoms in total. The second-order valence-electron chi connectivity index (χ2n) is 5.05. The number of aryl methyl sites for hydroxylation is 1. The van der Waals surface area contributed by atoms with Crippen LogP contribution in [0.15, 0.2) is 18.2 Å². The predicted octanol–water partition coefficient (Wildman–Crippen LogP) is 2.16. The van der Waals surface area contributed by atoms with Crippen molar-refractivity contribution in [3.8, 4) is 5.75 Å². The standard InChI is InChI=1S/C15H21NO4/c1-5-8-15(3,14(19)20-4)16-13(18)11-9-10(2)6-7-12(11)17/h6-7,9,17H,5,8H2,1-4H3,(H,16,18). The van der Waals surface area contributed by atoms with Crippen molar-refractivity contribution in [2.45, 2.75) is 39.2 Å². The Balaban J connectivity index is 3.02. The number of ether oxygens (including phenoxy) is 1. The van der Waals surface area contributed by atoms with Gasteiger partial charge in [-0.25, -0.2) is 4.79 Å². The maximum atomic E-state index is 12.2. The fraction of sp³-hybridized carbons (Fsp3) is 0.467. The van der Waals surface area contributed by atoms with E-state index in [1.807, 2.05) is 13.8 Å². The zero-order valence-corrected chi connectivity index (χ0v) is 12.3. The number of nitrogens with one attached hydrogen (secondary N) is 1. The number of phenolic OH excluding ortho intramolecular Hbond substituents is 1. The minimum absolute atomic E-state index is 0.114. The first-order valence-corrected chi connectivity index (χ1v) is 6.54. The van der Waals surface area contributed by atoms with E-state index in [0.29, 0.717) is 12.8 Å². The van der Waals surface area contributed by atoms with E-state index >= 15 is 0 Å². The highest BCUT2D eigenvalue weighted by molar-refractivity contribution is 6.00. The first kappa shape index (κ1) is 16.0. The van der Waals surface area contributed by atoms with Gasteiger partial charge < -0.3 is 15.2 Å². The molecule has 0 saturated heterocycles. The van der Waals surface area contributed by atoms with Crippen LogP contribution in [-0.2, 0) is 9.53 Å². The first-order chi connectivity index (χ1) is 9.34. The average molecular weight is 279 g/mol. The Bertz CT molecular complexity index is 513. The van der Waals surface area contributed by atoms with E-state index in [0.717, 1.165) is 5.56 Å². The molecular formula is C15H21NO4. The van der Waals surface area contributed by atoms with Crippen LogP contribution in [0.4, 0.5) is 0 Å². The van der Waals surface area contributed by atoms with E-state index in [4.69, 9.17) is 4.74 Å². The molecule has 0 heterocycles. The summed E-state index contributed by atoms with van der Waals surface area (Å²) < 4.78 is 4.74. The molecule has 0 fully saturated rings. The van der Waals surface area contributed by atoms with Crippen LogP contribution in [0.3, 0.4) is 0 Å². The molecule has 0 aliphatic carbocycles. The van der Waals surface area contributed by atoms with Crippen LogP contribution in [0.1, 0.15) is 42.6 Å². The maximum Gasteiger partial charge on any atom is 0.331 e. The molecule has 1 aromatic rings. The average Bonchev–Trinajstić information content (AvgIpc) is 2.40. The number of hydrogen-bond donors (Lipinski definition) is 2. The first-order valence-electron chi connectivity index (χ1n) is 6.54. The summed E-state index contributed by atoms with van der Waals surface area (Å²) in [6, 6.07) is 4.74. The molecule has 20 heavy (non-hydrogen) atoms. The van der Waals surface area contributed by atoms with Gasteiger partial charge in [-0.15, -0.1) is 0 Å². The van der Waals surface area contributed by atoms with Crippen LogP contribution in [0.5, 0.6) is 5.75 Å². The molecule has 0 spiro atoms. The quantitative estimate of drug-likeness (QED) is 0.810. The zero-order valence-electron chi connectivity index (χ0n) is 12.3. The van der Waals surface area contributed by atoms with Crippen molar-refractivity contribution in [2.75, 3.05) is 7.11 Å². The monoisotopic (exact) mass is 279 g/mol. The Kier molecular flexibility index (Phi) is 5.13. The van der Waals surface area contributed by atoms with Crippen LogP contribution in [-0.4, -0.2) is 29.6 Å². The summed E-state index contributed by atoms with van der Waals surface area (Å²) in [5, 5.41) is 12.4. The van der Waals surface area contributed by atoms with Crippen LogP contribution in [0, 0.1) is 6.92 Å². The summed E-state index contributed by atoms with van der Waals surface area (Å²) >= 11 is 0. The molecule has 1 rings (SSSR count). The molecule has 1 atom stereocenters. The van der Waals surface area contributed by atoms with E-state index in [1.54, 1.807) is 19.1 Å². The number of phenols is 1. The topological polar surface area (TPSA) is 75.6 Å². The van der Waals surface area contributed by atoms with Gasteiger partial charge in [-0.05, 0) is 32.4 Å². The number of methoxy groups -OCH3 is 1. The number of esters is 1. The summed E-state index contributed by atoms with van der Waals surface area (Å²) in [5.41, 5.74) is -0.101. The summed E-state index contributed by atoms with van der Waals surface area (Å²) in [6.07, 6.45) is 1.17. The van der Waals surface area contributed by atoms with Crippen molar-refractivity contribution in [1.29, 1.82) is 0 Å². The fourth-order valence-corrected chi connectivity index (χ4v) is 2.09. The molecule has 0 saturated carbocycles. The van der Waals surface area contributed by atoms with E-state index in [2.05, 4.69) is 5.32 Å². The van der Waals surface area contributed by atoms with Gasteiger partial charge in [0, 0.05) is 0 Å². The lowest BCUT2D eigenvalue weighted by atomic mass is 9.95. The number of rotatable bonds is 5. The lowest BCUT2D eigenvalue weighted by molar-refractivity contribution is -0.147. The fourth-order valence-electron chi connectivity index (χ4n) is 2.09. The van der Waals surface area contributed by atoms with E-state index in [-0.39, 0.29) is 11.3 Å². The smallest absolute Gasteiger partial charge is 0.331 e. The molecule has 0 aliphatic rings. The van der Waals surface area contributed by atoms with E-state index < -0.39 is 17.4 Å². The van der Waals surface area contributed by atoms with Gasteiger partial charge >= 0.3 is 5.97 Å². The van der Waals surface area contributed by atoms with Gasteiger partial charge in [-0.3, -0.25) is 4.79 Å². The van der Waals surface area contributed by atoms with Gasteiger partial charge in [-0.1, -0.05) is 25.0 Å². The van der Waals surface area contributed by atoms with Gasteiger partial charge in [0.1, 0.15) is 11.3 Å². The number of carbonyl (C=O) groups is 2. The minimum Gasteiger partial charge on any atom is -0.507 e. The van der Waals surface area contributed by atoms with E-state index in [1.165, 1.54) is 13.2 Å². The lowest BCUT2D eigenvalue weighted by Crippen LogP contribution is -2.52. The molecule has 1 unspecified atom stereocenters. The summed E-state index contributed by atoms with van der Waals surface area (Å²) in [4.78, 5) is 24.1. The van der Waals surface area contributed by atoms with Crippen LogP contribution < -0.4 is 5.32 Å². The molecule has 1 amide bonds. The highest BCUT2D eigenvalue weighted by atomic mass is 16.5. The Morgan fingerprint density at radius 3 is 2.60 bits per heavy atom. The summed E-state index contributed by atoms with van der Waals surface area (Å²) in [6.45, 7) is 5.35. The Labute approximate surface area is 118 Å². The van der Waals surface area contributed by atoms with E-state index in [9.17, 15) is 14.7 Å². The lowest BCUT2D eigenvalue weighted by Gasteiger charge is -2.27. The zero-order chi connectivity index (χ0) is 15.3. The second kappa shape index (κ2) is 6.41. The molecule has 1 aromatic carbocycles. The molecule has 0 bridgehead atoms. The SMILES string of the molecule is CCCC(C)(NC(=O)c1cc(C)ccc1O)C(=O)OC. The van der Waals surface area contributed by atoms with Gasteiger partial charge in [-0.2, -0.15) is 0 Å². The van der Waals surface area contributed by atoms with Crippen molar-refractivity contribution in [3.63, 3.8) is 0 Å². The van der Waals surface area contributed by atoms with Crippen molar-refractivity contribution in [2.24, 2.45) is 0 Å². The minimum atomic E-state index is -1.10. The van der Waals surface area contributed by atoms with Gasteiger partial charge in [0.15, 0.2) is 0 Å².